The first-order valence-corrected chi connectivity index (χ1v) is 6.14. The van der Waals surface area contributed by atoms with Crippen LogP contribution in [0.15, 0.2) is 0 Å². The summed E-state index contributed by atoms with van der Waals surface area (Å²) in [5, 5.41) is 2.96. The summed E-state index contributed by atoms with van der Waals surface area (Å²) in [5.41, 5.74) is 0. The summed E-state index contributed by atoms with van der Waals surface area (Å²) in [6.45, 7) is 3.81. The molecule has 6 nitrogen and oxygen atoms in total. The number of nitrogens with zero attached hydrogens (tertiary/aromatic N) is 1. The van der Waals surface area contributed by atoms with Crippen molar-refractivity contribution in [2.24, 2.45) is 0 Å². The van der Waals surface area contributed by atoms with Crippen LogP contribution in [0, 0.1) is 0 Å². The summed E-state index contributed by atoms with van der Waals surface area (Å²) >= 11 is 0. The fourth-order valence-corrected chi connectivity index (χ4v) is 1.61. The molecule has 0 aromatic carbocycles. The predicted molar refractivity (Wildman–Crippen MR) is 69.7 cm³/mol. The lowest BCUT2D eigenvalue weighted by molar-refractivity contribution is -0.143. The molecule has 0 radical (unpaired) electrons. The Morgan fingerprint density at radius 3 is 2.06 bits per heavy atom. The molecule has 0 bridgehead atoms. The molecule has 0 aromatic rings. The summed E-state index contributed by atoms with van der Waals surface area (Å²) in [6.07, 6.45) is 0.705. The van der Waals surface area contributed by atoms with Crippen LogP contribution in [0.4, 0.5) is 0 Å². The van der Waals surface area contributed by atoms with Gasteiger partial charge in [0.05, 0.1) is 20.3 Å². The summed E-state index contributed by atoms with van der Waals surface area (Å²) < 4.78 is 14.9. The van der Waals surface area contributed by atoms with Gasteiger partial charge in [0.1, 0.15) is 6.04 Å². The molecule has 0 aliphatic rings. The van der Waals surface area contributed by atoms with Crippen molar-refractivity contribution < 1.29 is 19.0 Å². The number of hydrogen-bond acceptors (Lipinski definition) is 6. The first kappa shape index (κ1) is 17.3. The molecule has 6 heteroatoms. The maximum atomic E-state index is 11.4. The Labute approximate surface area is 110 Å². The molecule has 0 aliphatic carbocycles. The zero-order chi connectivity index (χ0) is 13.8. The van der Waals surface area contributed by atoms with Crippen molar-refractivity contribution in [3.05, 3.63) is 0 Å². The van der Waals surface area contributed by atoms with Crippen LogP contribution in [0.1, 0.15) is 6.42 Å². The van der Waals surface area contributed by atoms with Crippen molar-refractivity contribution in [3.8, 4) is 0 Å². The van der Waals surface area contributed by atoms with E-state index in [4.69, 9.17) is 14.2 Å². The number of rotatable bonds is 11. The van der Waals surface area contributed by atoms with E-state index < -0.39 is 0 Å². The van der Waals surface area contributed by atoms with E-state index in [9.17, 15) is 4.79 Å². The first-order chi connectivity index (χ1) is 8.69. The number of methoxy groups -OCH3 is 3. The minimum atomic E-state index is -0.261. The van der Waals surface area contributed by atoms with Crippen LogP contribution < -0.4 is 5.32 Å². The molecule has 0 saturated carbocycles. The van der Waals surface area contributed by atoms with Gasteiger partial charge in [-0.1, -0.05) is 0 Å². The van der Waals surface area contributed by atoms with Crippen molar-refractivity contribution in [2.75, 3.05) is 61.2 Å². The fraction of sp³-hybridized carbons (Fsp3) is 0.917. The molecule has 0 aliphatic heterocycles. The van der Waals surface area contributed by atoms with Crippen LogP contribution in [0.5, 0.6) is 0 Å². The highest BCUT2D eigenvalue weighted by molar-refractivity contribution is 5.75. The van der Waals surface area contributed by atoms with E-state index >= 15 is 0 Å². The van der Waals surface area contributed by atoms with Crippen molar-refractivity contribution in [1.29, 1.82) is 0 Å². The van der Waals surface area contributed by atoms with E-state index in [1.807, 2.05) is 0 Å². The van der Waals surface area contributed by atoms with Crippen LogP contribution in [-0.2, 0) is 19.0 Å². The molecule has 0 rings (SSSR count). The number of likely N-dealkylation sites (N-methyl/N-ethyl adjacent to an activating group) is 1. The quantitative estimate of drug-likeness (QED) is 0.517. The molecule has 1 N–H and O–H groups in total. The lowest BCUT2D eigenvalue weighted by Crippen LogP contribution is -2.40. The Morgan fingerprint density at radius 1 is 1.11 bits per heavy atom. The maximum absolute atomic E-state index is 11.4. The molecular weight excluding hydrogens is 236 g/mol. The Balaban J connectivity index is 4.08. The molecule has 0 amide bonds. The van der Waals surface area contributed by atoms with Crippen LogP contribution >= 0.6 is 0 Å². The zero-order valence-corrected chi connectivity index (χ0v) is 11.9. The lowest BCUT2D eigenvalue weighted by atomic mass is 10.2. The number of hydrogen-bond donors (Lipinski definition) is 1. The Bertz CT molecular complexity index is 206. The molecule has 1 atom stereocenters. The first-order valence-electron chi connectivity index (χ1n) is 6.14. The van der Waals surface area contributed by atoms with Gasteiger partial charge >= 0.3 is 5.97 Å². The maximum Gasteiger partial charge on any atom is 0.322 e. The average molecular weight is 262 g/mol. The minimum absolute atomic E-state index is 0.226. The second-order valence-electron chi connectivity index (χ2n) is 3.98. The second-order valence-corrected chi connectivity index (χ2v) is 3.98. The van der Waals surface area contributed by atoms with Crippen LogP contribution in [0.3, 0.4) is 0 Å². The predicted octanol–water partition coefficient (Wildman–Crippen LogP) is -0.268. The van der Waals surface area contributed by atoms with Crippen molar-refractivity contribution >= 4 is 5.97 Å². The van der Waals surface area contributed by atoms with Crippen LogP contribution in [0.2, 0.25) is 0 Å². The number of esters is 1. The van der Waals surface area contributed by atoms with E-state index in [2.05, 4.69) is 10.2 Å². The normalized spacial score (nSPS) is 12.7. The molecule has 0 aromatic heterocycles. The van der Waals surface area contributed by atoms with Crippen molar-refractivity contribution in [1.82, 2.24) is 10.2 Å². The summed E-state index contributed by atoms with van der Waals surface area (Å²) in [5.74, 6) is -0.226. The SMILES string of the molecule is CNC(CCN(CCOC)CCOC)C(=O)OC. The van der Waals surface area contributed by atoms with Gasteiger partial charge in [0, 0.05) is 33.9 Å². The van der Waals surface area contributed by atoms with Gasteiger partial charge in [0.25, 0.3) is 0 Å². The van der Waals surface area contributed by atoms with E-state index in [-0.39, 0.29) is 12.0 Å². The summed E-state index contributed by atoms with van der Waals surface area (Å²) in [7, 11) is 6.52. The molecule has 1 unspecified atom stereocenters. The highest BCUT2D eigenvalue weighted by Gasteiger charge is 2.17. The molecular formula is C12H26N2O4. The number of carbonyl (C=O) groups is 1. The summed E-state index contributed by atoms with van der Waals surface area (Å²) in [4.78, 5) is 13.6. The zero-order valence-electron chi connectivity index (χ0n) is 11.9. The average Bonchev–Trinajstić information content (AvgIpc) is 2.40. The molecule has 108 valence electrons. The van der Waals surface area contributed by atoms with Gasteiger partial charge in [0.15, 0.2) is 0 Å². The number of carbonyl (C=O) groups excluding carboxylic acids is 1. The van der Waals surface area contributed by atoms with Gasteiger partial charge in [0.2, 0.25) is 0 Å². The Kier molecular flexibility index (Phi) is 11.0. The topological polar surface area (TPSA) is 60.0 Å². The number of ether oxygens (including phenoxy) is 3. The highest BCUT2D eigenvalue weighted by Crippen LogP contribution is 1.99. The third-order valence-electron chi connectivity index (χ3n) is 2.79. The van der Waals surface area contributed by atoms with E-state index in [1.165, 1.54) is 7.11 Å². The van der Waals surface area contributed by atoms with Crippen molar-refractivity contribution in [2.45, 2.75) is 12.5 Å². The van der Waals surface area contributed by atoms with Crippen LogP contribution in [0.25, 0.3) is 0 Å². The Hall–Kier alpha value is -0.690. The second kappa shape index (κ2) is 11.4. The molecule has 0 heterocycles. The lowest BCUT2D eigenvalue weighted by Gasteiger charge is -2.23. The molecule has 0 saturated heterocycles. The third kappa shape index (κ3) is 7.60. The molecule has 18 heavy (non-hydrogen) atoms. The smallest absolute Gasteiger partial charge is 0.322 e. The van der Waals surface area contributed by atoms with E-state index in [1.54, 1.807) is 21.3 Å². The fourth-order valence-electron chi connectivity index (χ4n) is 1.61. The largest absolute Gasteiger partial charge is 0.468 e. The monoisotopic (exact) mass is 262 g/mol. The summed E-state index contributed by atoms with van der Waals surface area (Å²) in [6, 6.07) is -0.261. The van der Waals surface area contributed by atoms with Crippen molar-refractivity contribution in [3.63, 3.8) is 0 Å². The number of nitrogens with one attached hydrogen (secondary N) is 1. The standard InChI is InChI=1S/C12H26N2O4/c1-13-11(12(15)18-4)5-6-14(7-9-16-2)8-10-17-3/h11,13H,5-10H2,1-4H3. The Morgan fingerprint density at radius 2 is 1.67 bits per heavy atom. The van der Waals surface area contributed by atoms with Gasteiger partial charge in [-0.25, -0.2) is 0 Å². The third-order valence-corrected chi connectivity index (χ3v) is 2.79. The van der Waals surface area contributed by atoms with Gasteiger partial charge in [-0.3, -0.25) is 9.69 Å². The van der Waals surface area contributed by atoms with E-state index in [0.717, 1.165) is 19.6 Å². The molecule has 0 spiro atoms. The van der Waals surface area contributed by atoms with E-state index in [0.29, 0.717) is 19.6 Å². The minimum Gasteiger partial charge on any atom is -0.468 e. The van der Waals surface area contributed by atoms with Gasteiger partial charge in [-0.15, -0.1) is 0 Å². The van der Waals surface area contributed by atoms with Gasteiger partial charge < -0.3 is 19.5 Å². The highest BCUT2D eigenvalue weighted by atomic mass is 16.5. The van der Waals surface area contributed by atoms with Crippen LogP contribution in [-0.4, -0.2) is 78.1 Å². The van der Waals surface area contributed by atoms with Gasteiger partial charge in [-0.05, 0) is 13.5 Å². The van der Waals surface area contributed by atoms with Gasteiger partial charge in [-0.2, -0.15) is 0 Å². The molecule has 0 fully saturated rings.